The Labute approximate surface area is 96.1 Å². The summed E-state index contributed by atoms with van der Waals surface area (Å²) in [6.07, 6.45) is 2.90. The molecule has 0 atom stereocenters. The molecule has 0 saturated heterocycles. The lowest BCUT2D eigenvalue weighted by Crippen LogP contribution is -2.28. The van der Waals surface area contributed by atoms with Crippen molar-refractivity contribution in [3.63, 3.8) is 0 Å². The van der Waals surface area contributed by atoms with Crippen LogP contribution < -0.4 is 5.56 Å². The average molecular weight is 234 g/mol. The number of pyridine rings is 1. The predicted molar refractivity (Wildman–Crippen MR) is 58.0 cm³/mol. The van der Waals surface area contributed by atoms with Crippen molar-refractivity contribution in [2.75, 3.05) is 0 Å². The fraction of sp³-hybridized carbons (Fsp3) is 0.182. The summed E-state index contributed by atoms with van der Waals surface area (Å²) < 4.78 is 6.03. The van der Waals surface area contributed by atoms with Gasteiger partial charge in [-0.1, -0.05) is 5.16 Å². The zero-order valence-corrected chi connectivity index (χ0v) is 9.08. The molecule has 6 nitrogen and oxygen atoms in total. The summed E-state index contributed by atoms with van der Waals surface area (Å²) in [5.41, 5.74) is 0.615. The van der Waals surface area contributed by atoms with E-state index in [1.165, 1.54) is 23.1 Å². The van der Waals surface area contributed by atoms with Crippen LogP contribution in [0.1, 0.15) is 21.6 Å². The van der Waals surface area contributed by atoms with Gasteiger partial charge in [-0.15, -0.1) is 0 Å². The minimum absolute atomic E-state index is 0.243. The number of aryl methyl sites for hydroxylation is 1. The van der Waals surface area contributed by atoms with Gasteiger partial charge in [0.25, 0.3) is 5.56 Å². The highest BCUT2D eigenvalue weighted by Gasteiger charge is 2.12. The van der Waals surface area contributed by atoms with Crippen LogP contribution in [0.2, 0.25) is 0 Å². The molecule has 0 bridgehead atoms. The maximum Gasteiger partial charge on any atom is 0.341 e. The SMILES string of the molecule is Cc1ccc(C(=O)O)c(=O)n1Cc1cnoc1. The molecule has 0 amide bonds. The van der Waals surface area contributed by atoms with Gasteiger partial charge in [0, 0.05) is 11.3 Å². The molecule has 0 radical (unpaired) electrons. The number of hydrogen-bond donors (Lipinski definition) is 1. The van der Waals surface area contributed by atoms with Gasteiger partial charge in [0.2, 0.25) is 0 Å². The number of rotatable bonds is 3. The fourth-order valence-corrected chi connectivity index (χ4v) is 1.52. The zero-order valence-electron chi connectivity index (χ0n) is 9.08. The van der Waals surface area contributed by atoms with Crippen LogP contribution in [0.5, 0.6) is 0 Å². The number of aromatic nitrogens is 2. The number of carboxylic acids is 1. The van der Waals surface area contributed by atoms with Gasteiger partial charge in [-0.2, -0.15) is 0 Å². The lowest BCUT2D eigenvalue weighted by atomic mass is 10.2. The lowest BCUT2D eigenvalue weighted by molar-refractivity contribution is 0.0694. The van der Waals surface area contributed by atoms with Crippen LogP contribution in [0.3, 0.4) is 0 Å². The summed E-state index contributed by atoms with van der Waals surface area (Å²) in [4.78, 5) is 22.7. The van der Waals surface area contributed by atoms with Gasteiger partial charge in [0.1, 0.15) is 11.8 Å². The molecule has 0 spiro atoms. The van der Waals surface area contributed by atoms with Crippen molar-refractivity contribution in [2.24, 2.45) is 0 Å². The predicted octanol–water partition coefficient (Wildman–Crippen LogP) is 0.891. The third kappa shape index (κ3) is 2.10. The van der Waals surface area contributed by atoms with E-state index in [-0.39, 0.29) is 12.1 Å². The van der Waals surface area contributed by atoms with E-state index in [2.05, 4.69) is 9.68 Å². The molecule has 2 heterocycles. The van der Waals surface area contributed by atoms with Crippen LogP contribution in [0.25, 0.3) is 0 Å². The van der Waals surface area contributed by atoms with Gasteiger partial charge in [-0.25, -0.2) is 4.79 Å². The summed E-state index contributed by atoms with van der Waals surface area (Å²) in [5.74, 6) is -1.23. The van der Waals surface area contributed by atoms with Gasteiger partial charge in [-0.05, 0) is 19.1 Å². The molecule has 0 saturated carbocycles. The summed E-state index contributed by atoms with van der Waals surface area (Å²) >= 11 is 0. The molecule has 2 rings (SSSR count). The van der Waals surface area contributed by atoms with Crippen LogP contribution in [0.4, 0.5) is 0 Å². The second kappa shape index (κ2) is 4.25. The van der Waals surface area contributed by atoms with E-state index in [1.807, 2.05) is 0 Å². The van der Waals surface area contributed by atoms with Crippen molar-refractivity contribution < 1.29 is 14.4 Å². The summed E-state index contributed by atoms with van der Waals surface area (Å²) in [7, 11) is 0. The Bertz CT molecular complexity index is 598. The third-order valence-corrected chi connectivity index (χ3v) is 2.45. The van der Waals surface area contributed by atoms with Crippen molar-refractivity contribution in [2.45, 2.75) is 13.5 Å². The first-order valence-corrected chi connectivity index (χ1v) is 4.91. The molecule has 88 valence electrons. The first-order valence-electron chi connectivity index (χ1n) is 4.91. The number of carbonyl (C=O) groups is 1. The lowest BCUT2D eigenvalue weighted by Gasteiger charge is -2.08. The number of aromatic carboxylic acids is 1. The van der Waals surface area contributed by atoms with E-state index in [9.17, 15) is 9.59 Å². The Morgan fingerprint density at radius 3 is 2.88 bits per heavy atom. The van der Waals surface area contributed by atoms with Crippen LogP contribution in [-0.2, 0) is 6.54 Å². The third-order valence-electron chi connectivity index (χ3n) is 2.45. The van der Waals surface area contributed by atoms with Gasteiger partial charge in [0.15, 0.2) is 0 Å². The highest BCUT2D eigenvalue weighted by molar-refractivity contribution is 5.87. The summed E-state index contributed by atoms with van der Waals surface area (Å²) in [6.45, 7) is 1.98. The Morgan fingerprint density at radius 1 is 1.53 bits per heavy atom. The van der Waals surface area contributed by atoms with E-state index in [0.29, 0.717) is 11.3 Å². The standard InChI is InChI=1S/C11H10N2O4/c1-7-2-3-9(11(15)16)10(14)13(7)5-8-4-12-17-6-8/h2-4,6H,5H2,1H3,(H,15,16). The fourth-order valence-electron chi connectivity index (χ4n) is 1.52. The van der Waals surface area contributed by atoms with E-state index >= 15 is 0 Å². The Kier molecular flexibility index (Phi) is 2.78. The Hall–Kier alpha value is -2.37. The molecule has 6 heteroatoms. The van der Waals surface area contributed by atoms with Crippen molar-refractivity contribution in [3.05, 3.63) is 51.8 Å². The van der Waals surface area contributed by atoms with Crippen molar-refractivity contribution in [3.8, 4) is 0 Å². The molecule has 2 aromatic rings. The first-order chi connectivity index (χ1) is 8.09. The number of carboxylic acid groups (broad SMARTS) is 1. The number of nitrogens with zero attached hydrogens (tertiary/aromatic N) is 2. The van der Waals surface area contributed by atoms with Crippen LogP contribution >= 0.6 is 0 Å². The molecule has 0 fully saturated rings. The highest BCUT2D eigenvalue weighted by Crippen LogP contribution is 2.04. The van der Waals surface area contributed by atoms with E-state index in [0.717, 1.165) is 0 Å². The Morgan fingerprint density at radius 2 is 2.29 bits per heavy atom. The normalized spacial score (nSPS) is 10.4. The van der Waals surface area contributed by atoms with Gasteiger partial charge >= 0.3 is 5.97 Å². The molecule has 2 aromatic heterocycles. The molecule has 0 aliphatic carbocycles. The Balaban J connectivity index is 2.49. The van der Waals surface area contributed by atoms with Gasteiger partial charge < -0.3 is 14.2 Å². The zero-order chi connectivity index (χ0) is 12.4. The van der Waals surface area contributed by atoms with E-state index in [1.54, 1.807) is 13.0 Å². The van der Waals surface area contributed by atoms with Gasteiger partial charge in [-0.3, -0.25) is 4.79 Å². The second-order valence-electron chi connectivity index (χ2n) is 3.62. The summed E-state index contributed by atoms with van der Waals surface area (Å²) in [6, 6.07) is 2.91. The molecule has 0 aliphatic rings. The monoisotopic (exact) mass is 234 g/mol. The highest BCUT2D eigenvalue weighted by atomic mass is 16.5. The minimum Gasteiger partial charge on any atom is -0.477 e. The summed E-state index contributed by atoms with van der Waals surface area (Å²) in [5, 5.41) is 12.4. The van der Waals surface area contributed by atoms with Crippen LogP contribution in [-0.4, -0.2) is 20.8 Å². The smallest absolute Gasteiger partial charge is 0.341 e. The van der Waals surface area contributed by atoms with Crippen molar-refractivity contribution >= 4 is 5.97 Å². The molecule has 1 N–H and O–H groups in total. The molecule has 0 unspecified atom stereocenters. The molecule has 0 aliphatic heterocycles. The maximum absolute atomic E-state index is 11.9. The number of hydrogen-bond acceptors (Lipinski definition) is 4. The van der Waals surface area contributed by atoms with Crippen LogP contribution in [0, 0.1) is 6.92 Å². The molecule has 0 aromatic carbocycles. The quantitative estimate of drug-likeness (QED) is 0.852. The first kappa shape index (κ1) is 11.1. The van der Waals surface area contributed by atoms with Crippen molar-refractivity contribution in [1.82, 2.24) is 9.72 Å². The maximum atomic E-state index is 11.9. The largest absolute Gasteiger partial charge is 0.477 e. The topological polar surface area (TPSA) is 85.3 Å². The van der Waals surface area contributed by atoms with Crippen LogP contribution in [0.15, 0.2) is 33.9 Å². The van der Waals surface area contributed by atoms with Gasteiger partial charge in [0.05, 0.1) is 12.7 Å². The van der Waals surface area contributed by atoms with E-state index < -0.39 is 11.5 Å². The van der Waals surface area contributed by atoms with Crippen molar-refractivity contribution in [1.29, 1.82) is 0 Å². The molecular weight excluding hydrogens is 224 g/mol. The molecular formula is C11H10N2O4. The van der Waals surface area contributed by atoms with E-state index in [4.69, 9.17) is 5.11 Å². The minimum atomic E-state index is -1.23. The second-order valence-corrected chi connectivity index (χ2v) is 3.62. The molecule has 17 heavy (non-hydrogen) atoms. The average Bonchev–Trinajstić information content (AvgIpc) is 2.76.